The number of pyridine rings is 1. The van der Waals surface area contributed by atoms with Crippen LogP contribution in [0.15, 0.2) is 24.5 Å². The van der Waals surface area contributed by atoms with Crippen molar-refractivity contribution in [2.24, 2.45) is 0 Å². The second kappa shape index (κ2) is 6.15. The number of thioether (sulfide) groups is 1. The lowest BCUT2D eigenvalue weighted by molar-refractivity contribution is 0.637. The molecule has 6 heteroatoms. The monoisotopic (exact) mass is 280 g/mol. The summed E-state index contributed by atoms with van der Waals surface area (Å²) in [6, 6.07) is 3.90. The van der Waals surface area contributed by atoms with Gasteiger partial charge in [0, 0.05) is 29.8 Å². The molecule has 0 aliphatic carbocycles. The van der Waals surface area contributed by atoms with Crippen molar-refractivity contribution in [2.45, 2.75) is 25.1 Å². The van der Waals surface area contributed by atoms with E-state index in [0.29, 0.717) is 10.0 Å². The first-order chi connectivity index (χ1) is 8.72. The van der Waals surface area contributed by atoms with Gasteiger partial charge in [0.2, 0.25) is 0 Å². The molecule has 0 aliphatic heterocycles. The minimum absolute atomic E-state index is 0.614. The number of nitrogens with zero attached hydrogens (tertiary/aromatic N) is 3. The average Bonchev–Trinajstić information content (AvgIpc) is 2.78. The molecule has 0 amide bonds. The Morgan fingerprint density at radius 3 is 3.06 bits per heavy atom. The number of nitrogens with one attached hydrogen (secondary N) is 1. The van der Waals surface area contributed by atoms with Gasteiger partial charge < -0.3 is 4.57 Å². The van der Waals surface area contributed by atoms with Crippen molar-refractivity contribution >= 4 is 24.0 Å². The van der Waals surface area contributed by atoms with Crippen molar-refractivity contribution in [3.05, 3.63) is 29.3 Å². The fraction of sp³-hybridized carbons (Fsp3) is 0.417. The molecule has 2 aromatic rings. The molecule has 0 fully saturated rings. The molecule has 0 aromatic carbocycles. The van der Waals surface area contributed by atoms with Gasteiger partial charge in [-0.2, -0.15) is 16.9 Å². The summed E-state index contributed by atoms with van der Waals surface area (Å²) < 4.78 is 2.71. The third kappa shape index (κ3) is 3.00. The third-order valence-corrected chi connectivity index (χ3v) is 4.19. The van der Waals surface area contributed by atoms with Gasteiger partial charge in [-0.05, 0) is 37.0 Å². The zero-order valence-corrected chi connectivity index (χ0v) is 12.1. The van der Waals surface area contributed by atoms with Gasteiger partial charge in [-0.25, -0.2) is 0 Å². The first-order valence-electron chi connectivity index (χ1n) is 5.80. The molecule has 1 atom stereocenters. The quantitative estimate of drug-likeness (QED) is 0.855. The Morgan fingerprint density at radius 2 is 2.39 bits per heavy atom. The van der Waals surface area contributed by atoms with E-state index in [1.54, 1.807) is 12.4 Å². The van der Waals surface area contributed by atoms with Crippen LogP contribution in [-0.2, 0) is 6.54 Å². The molecule has 0 saturated carbocycles. The van der Waals surface area contributed by atoms with Crippen molar-refractivity contribution in [2.75, 3.05) is 6.26 Å². The Morgan fingerprint density at radius 1 is 1.56 bits per heavy atom. The van der Waals surface area contributed by atoms with Crippen LogP contribution in [0.4, 0.5) is 0 Å². The van der Waals surface area contributed by atoms with Crippen molar-refractivity contribution in [3.8, 4) is 11.4 Å². The van der Waals surface area contributed by atoms with E-state index in [4.69, 9.17) is 12.2 Å². The molecular weight excluding hydrogens is 264 g/mol. The van der Waals surface area contributed by atoms with Crippen molar-refractivity contribution < 1.29 is 0 Å². The lowest BCUT2D eigenvalue weighted by Crippen LogP contribution is -2.06. The van der Waals surface area contributed by atoms with E-state index in [1.807, 2.05) is 28.5 Å². The van der Waals surface area contributed by atoms with Crippen LogP contribution in [0.2, 0.25) is 0 Å². The summed E-state index contributed by atoms with van der Waals surface area (Å²) in [6.07, 6.45) is 6.76. The number of aromatic amines is 1. The largest absolute Gasteiger partial charge is 0.300 e. The van der Waals surface area contributed by atoms with E-state index >= 15 is 0 Å². The van der Waals surface area contributed by atoms with E-state index in [2.05, 4.69) is 28.4 Å². The summed E-state index contributed by atoms with van der Waals surface area (Å²) in [5.74, 6) is 0.862. The fourth-order valence-electron chi connectivity index (χ4n) is 1.67. The molecule has 4 nitrogen and oxygen atoms in total. The van der Waals surface area contributed by atoms with Crippen molar-refractivity contribution in [1.29, 1.82) is 0 Å². The number of aromatic nitrogens is 4. The lowest BCUT2D eigenvalue weighted by Gasteiger charge is -2.10. The van der Waals surface area contributed by atoms with Gasteiger partial charge in [0.05, 0.1) is 0 Å². The predicted octanol–water partition coefficient (Wildman–Crippen LogP) is 3.14. The van der Waals surface area contributed by atoms with Gasteiger partial charge in [0.25, 0.3) is 0 Å². The number of rotatable bonds is 5. The van der Waals surface area contributed by atoms with Crippen LogP contribution in [0.5, 0.6) is 0 Å². The van der Waals surface area contributed by atoms with E-state index in [1.165, 1.54) is 0 Å². The van der Waals surface area contributed by atoms with Crippen LogP contribution in [0.25, 0.3) is 11.4 Å². The topological polar surface area (TPSA) is 46.5 Å². The number of hydrogen-bond acceptors (Lipinski definition) is 4. The van der Waals surface area contributed by atoms with Gasteiger partial charge in [0.1, 0.15) is 0 Å². The molecule has 0 aliphatic rings. The summed E-state index contributed by atoms with van der Waals surface area (Å²) in [5, 5.41) is 7.76. The summed E-state index contributed by atoms with van der Waals surface area (Å²) in [4.78, 5) is 4.12. The SMILES string of the molecule is CSC(C)CCn1c(-c2cccnc2)n[nH]c1=S. The van der Waals surface area contributed by atoms with Gasteiger partial charge in [0.15, 0.2) is 10.6 Å². The Balaban J connectivity index is 2.25. The Bertz CT molecular complexity index is 547. The molecule has 18 heavy (non-hydrogen) atoms. The third-order valence-electron chi connectivity index (χ3n) is 2.84. The molecule has 96 valence electrons. The van der Waals surface area contributed by atoms with Gasteiger partial charge >= 0.3 is 0 Å². The van der Waals surface area contributed by atoms with Crippen LogP contribution in [0.1, 0.15) is 13.3 Å². The van der Waals surface area contributed by atoms with Gasteiger partial charge in [-0.3, -0.25) is 10.1 Å². The summed E-state index contributed by atoms with van der Waals surface area (Å²) in [7, 11) is 0. The zero-order valence-electron chi connectivity index (χ0n) is 10.5. The highest BCUT2D eigenvalue weighted by molar-refractivity contribution is 7.99. The summed E-state index contributed by atoms with van der Waals surface area (Å²) in [5.41, 5.74) is 0.988. The van der Waals surface area contributed by atoms with Crippen LogP contribution in [0.3, 0.4) is 0 Å². The molecule has 1 unspecified atom stereocenters. The predicted molar refractivity (Wildman–Crippen MR) is 78.2 cm³/mol. The van der Waals surface area contributed by atoms with Crippen molar-refractivity contribution in [1.82, 2.24) is 19.7 Å². The highest BCUT2D eigenvalue weighted by Crippen LogP contribution is 2.18. The normalized spacial score (nSPS) is 12.6. The molecule has 2 heterocycles. The van der Waals surface area contributed by atoms with Crippen LogP contribution >= 0.6 is 24.0 Å². The molecule has 1 N–H and O–H groups in total. The lowest BCUT2D eigenvalue weighted by atomic mass is 10.2. The van der Waals surface area contributed by atoms with Crippen LogP contribution in [0, 0.1) is 4.77 Å². The average molecular weight is 280 g/mol. The Labute approximate surface area is 116 Å². The number of hydrogen-bond donors (Lipinski definition) is 1. The van der Waals surface area contributed by atoms with Crippen molar-refractivity contribution in [3.63, 3.8) is 0 Å². The van der Waals surface area contributed by atoms with E-state index in [0.717, 1.165) is 24.4 Å². The molecule has 2 aromatic heterocycles. The minimum Gasteiger partial charge on any atom is -0.300 e. The van der Waals surface area contributed by atoms with E-state index < -0.39 is 0 Å². The Hall–Kier alpha value is -1.14. The minimum atomic E-state index is 0.614. The Kier molecular flexibility index (Phi) is 4.54. The molecule has 0 radical (unpaired) electrons. The zero-order chi connectivity index (χ0) is 13.0. The molecular formula is C12H16N4S2. The van der Waals surface area contributed by atoms with Crippen LogP contribution < -0.4 is 0 Å². The standard InChI is InChI=1S/C12H16N4S2/c1-9(18-2)5-7-16-11(14-15-12(16)17)10-4-3-6-13-8-10/h3-4,6,8-9H,5,7H2,1-2H3,(H,15,17). The molecule has 2 rings (SSSR count). The highest BCUT2D eigenvalue weighted by Gasteiger charge is 2.09. The first kappa shape index (κ1) is 13.3. The van der Waals surface area contributed by atoms with E-state index in [-0.39, 0.29) is 0 Å². The highest BCUT2D eigenvalue weighted by atomic mass is 32.2. The van der Waals surface area contributed by atoms with E-state index in [9.17, 15) is 0 Å². The maximum absolute atomic E-state index is 5.28. The number of H-pyrrole nitrogens is 1. The first-order valence-corrected chi connectivity index (χ1v) is 7.50. The summed E-state index contributed by atoms with van der Waals surface area (Å²) >= 11 is 7.14. The second-order valence-corrected chi connectivity index (χ2v) is 5.74. The van der Waals surface area contributed by atoms with Gasteiger partial charge in [-0.1, -0.05) is 6.92 Å². The van der Waals surface area contributed by atoms with Crippen LogP contribution in [-0.4, -0.2) is 31.3 Å². The molecule has 0 saturated heterocycles. The maximum Gasteiger partial charge on any atom is 0.195 e. The molecule has 0 spiro atoms. The maximum atomic E-state index is 5.28. The smallest absolute Gasteiger partial charge is 0.195 e. The van der Waals surface area contributed by atoms with Gasteiger partial charge in [-0.15, -0.1) is 0 Å². The second-order valence-electron chi connectivity index (χ2n) is 4.08. The summed E-state index contributed by atoms with van der Waals surface area (Å²) in [6.45, 7) is 3.10. The molecule has 0 bridgehead atoms. The fourth-order valence-corrected chi connectivity index (χ4v) is 2.23.